The smallest absolute Gasteiger partial charge is 0.257 e. The van der Waals surface area contributed by atoms with Crippen LogP contribution in [0.4, 0.5) is 0 Å². The minimum absolute atomic E-state index is 0.179. The molecular weight excluding hydrogens is 292 g/mol. The standard InChI is InChI=1S/C13H22N4O3S/c18-21(19,16-5-3-10-4-6-20-9-10)13-11(8-15-17-13)7-14-12-1-2-12/h8,10,12,14,16H,1-7,9H2,(H,15,17). The van der Waals surface area contributed by atoms with Gasteiger partial charge in [0, 0.05) is 37.9 Å². The van der Waals surface area contributed by atoms with Crippen molar-refractivity contribution in [3.63, 3.8) is 0 Å². The highest BCUT2D eigenvalue weighted by Crippen LogP contribution is 2.20. The summed E-state index contributed by atoms with van der Waals surface area (Å²) in [4.78, 5) is 0. The van der Waals surface area contributed by atoms with Crippen molar-refractivity contribution in [3.8, 4) is 0 Å². The lowest BCUT2D eigenvalue weighted by atomic mass is 10.1. The fourth-order valence-electron chi connectivity index (χ4n) is 2.48. The second-order valence-corrected chi connectivity index (χ2v) is 7.50. The van der Waals surface area contributed by atoms with Gasteiger partial charge < -0.3 is 10.1 Å². The van der Waals surface area contributed by atoms with Crippen LogP contribution in [0.1, 0.15) is 31.2 Å². The van der Waals surface area contributed by atoms with Gasteiger partial charge in [0.25, 0.3) is 10.0 Å². The van der Waals surface area contributed by atoms with E-state index in [1.54, 1.807) is 6.20 Å². The Morgan fingerprint density at radius 1 is 1.38 bits per heavy atom. The third kappa shape index (κ3) is 4.03. The van der Waals surface area contributed by atoms with E-state index in [9.17, 15) is 8.42 Å². The number of H-pyrrole nitrogens is 1. The molecule has 2 fully saturated rings. The molecule has 1 aliphatic carbocycles. The fraction of sp³-hybridized carbons (Fsp3) is 0.769. The van der Waals surface area contributed by atoms with E-state index in [1.807, 2.05) is 0 Å². The molecule has 1 aliphatic heterocycles. The maximum Gasteiger partial charge on any atom is 0.257 e. The highest BCUT2D eigenvalue weighted by molar-refractivity contribution is 7.89. The summed E-state index contributed by atoms with van der Waals surface area (Å²) in [5.74, 6) is 0.463. The molecule has 3 rings (SSSR count). The van der Waals surface area contributed by atoms with Gasteiger partial charge in [0.15, 0.2) is 5.03 Å². The van der Waals surface area contributed by atoms with E-state index in [-0.39, 0.29) is 5.03 Å². The number of rotatable bonds is 8. The van der Waals surface area contributed by atoms with Gasteiger partial charge in [-0.05, 0) is 31.6 Å². The van der Waals surface area contributed by atoms with Crippen LogP contribution in [-0.2, 0) is 21.3 Å². The quantitative estimate of drug-likeness (QED) is 0.644. The Morgan fingerprint density at radius 2 is 2.24 bits per heavy atom. The minimum Gasteiger partial charge on any atom is -0.381 e. The first-order valence-corrected chi connectivity index (χ1v) is 8.96. The zero-order chi connectivity index (χ0) is 14.7. The first-order chi connectivity index (χ1) is 10.1. The van der Waals surface area contributed by atoms with Crippen molar-refractivity contribution in [2.24, 2.45) is 5.92 Å². The van der Waals surface area contributed by atoms with Gasteiger partial charge in [-0.3, -0.25) is 5.10 Å². The van der Waals surface area contributed by atoms with Gasteiger partial charge in [-0.25, -0.2) is 13.1 Å². The summed E-state index contributed by atoms with van der Waals surface area (Å²) in [5.41, 5.74) is 0.693. The number of hydrogen-bond acceptors (Lipinski definition) is 5. The molecule has 0 spiro atoms. The van der Waals surface area contributed by atoms with Crippen molar-refractivity contribution in [2.75, 3.05) is 19.8 Å². The summed E-state index contributed by atoms with van der Waals surface area (Å²) in [7, 11) is -3.52. The van der Waals surface area contributed by atoms with Gasteiger partial charge in [-0.15, -0.1) is 0 Å². The van der Waals surface area contributed by atoms with Gasteiger partial charge in [-0.1, -0.05) is 0 Å². The Morgan fingerprint density at radius 3 is 2.95 bits per heavy atom. The lowest BCUT2D eigenvalue weighted by Crippen LogP contribution is -2.28. The first kappa shape index (κ1) is 15.0. The fourth-order valence-corrected chi connectivity index (χ4v) is 3.65. The van der Waals surface area contributed by atoms with E-state index in [2.05, 4.69) is 20.2 Å². The van der Waals surface area contributed by atoms with E-state index < -0.39 is 10.0 Å². The van der Waals surface area contributed by atoms with E-state index in [4.69, 9.17) is 4.74 Å². The van der Waals surface area contributed by atoms with E-state index in [1.165, 1.54) is 12.8 Å². The Labute approximate surface area is 124 Å². The summed E-state index contributed by atoms with van der Waals surface area (Å²) in [5, 5.41) is 9.95. The second-order valence-electron chi connectivity index (χ2n) is 5.80. The number of hydrogen-bond donors (Lipinski definition) is 3. The number of aromatic nitrogens is 2. The molecule has 0 bridgehead atoms. The van der Waals surface area contributed by atoms with Crippen molar-refractivity contribution in [1.29, 1.82) is 0 Å². The molecule has 2 heterocycles. The molecular formula is C13H22N4O3S. The molecule has 1 unspecified atom stereocenters. The van der Waals surface area contributed by atoms with Crippen LogP contribution in [0.25, 0.3) is 0 Å². The van der Waals surface area contributed by atoms with Gasteiger partial charge in [0.05, 0.1) is 6.20 Å². The monoisotopic (exact) mass is 314 g/mol. The zero-order valence-corrected chi connectivity index (χ0v) is 12.8. The molecule has 21 heavy (non-hydrogen) atoms. The highest BCUT2D eigenvalue weighted by atomic mass is 32.2. The molecule has 1 aromatic rings. The summed E-state index contributed by atoms with van der Waals surface area (Å²) in [6.07, 6.45) is 5.74. The number of nitrogens with one attached hydrogen (secondary N) is 3. The normalized spacial score (nSPS) is 22.8. The van der Waals surface area contributed by atoms with Crippen molar-refractivity contribution < 1.29 is 13.2 Å². The second kappa shape index (κ2) is 6.43. The number of sulfonamides is 1. The summed E-state index contributed by atoms with van der Waals surface area (Å²) in [6.45, 7) is 2.50. The zero-order valence-electron chi connectivity index (χ0n) is 12.0. The molecule has 0 aromatic carbocycles. The lowest BCUT2D eigenvalue weighted by Gasteiger charge is -2.10. The van der Waals surface area contributed by atoms with E-state index >= 15 is 0 Å². The van der Waals surface area contributed by atoms with Gasteiger partial charge in [0.1, 0.15) is 0 Å². The molecule has 1 saturated carbocycles. The number of ether oxygens (including phenoxy) is 1. The lowest BCUT2D eigenvalue weighted by molar-refractivity contribution is 0.184. The van der Waals surface area contributed by atoms with Gasteiger partial charge in [0.2, 0.25) is 0 Å². The Bertz CT molecular complexity index is 562. The Hall–Kier alpha value is -0.960. The molecule has 1 saturated heterocycles. The number of aromatic amines is 1. The molecule has 3 N–H and O–H groups in total. The molecule has 1 atom stereocenters. The average molecular weight is 314 g/mol. The molecule has 0 amide bonds. The summed E-state index contributed by atoms with van der Waals surface area (Å²) < 4.78 is 32.6. The van der Waals surface area contributed by atoms with Crippen molar-refractivity contribution in [3.05, 3.63) is 11.8 Å². The molecule has 2 aliphatic rings. The molecule has 7 nitrogen and oxygen atoms in total. The third-order valence-electron chi connectivity index (χ3n) is 3.97. The number of nitrogens with zero attached hydrogens (tertiary/aromatic N) is 1. The molecule has 1 aromatic heterocycles. The molecule has 8 heteroatoms. The topological polar surface area (TPSA) is 96.1 Å². The first-order valence-electron chi connectivity index (χ1n) is 7.48. The van der Waals surface area contributed by atoms with Crippen LogP contribution in [-0.4, -0.2) is 44.4 Å². The van der Waals surface area contributed by atoms with Crippen LogP contribution in [0.2, 0.25) is 0 Å². The SMILES string of the molecule is O=S(=O)(NCCC1CCOC1)c1[nH]ncc1CNC1CC1. The van der Waals surface area contributed by atoms with Crippen molar-refractivity contribution in [2.45, 2.75) is 43.3 Å². The average Bonchev–Trinajstić information content (AvgIpc) is 2.93. The van der Waals surface area contributed by atoms with Gasteiger partial charge in [-0.2, -0.15) is 5.10 Å². The summed E-state index contributed by atoms with van der Waals surface area (Å²) >= 11 is 0. The summed E-state index contributed by atoms with van der Waals surface area (Å²) in [6, 6.07) is 0.533. The largest absolute Gasteiger partial charge is 0.381 e. The van der Waals surface area contributed by atoms with E-state index in [0.717, 1.165) is 26.1 Å². The molecule has 118 valence electrons. The molecule has 0 radical (unpaired) electrons. The Kier molecular flexibility index (Phi) is 4.58. The third-order valence-corrected chi connectivity index (χ3v) is 5.45. The predicted molar refractivity (Wildman–Crippen MR) is 77.2 cm³/mol. The predicted octanol–water partition coefficient (Wildman–Crippen LogP) is 0.367. The minimum atomic E-state index is -3.52. The van der Waals surface area contributed by atoms with Crippen LogP contribution in [0.3, 0.4) is 0 Å². The van der Waals surface area contributed by atoms with Crippen LogP contribution in [0.5, 0.6) is 0 Å². The Balaban J connectivity index is 1.54. The van der Waals surface area contributed by atoms with Crippen LogP contribution in [0, 0.1) is 5.92 Å². The van der Waals surface area contributed by atoms with Crippen LogP contribution >= 0.6 is 0 Å². The maximum atomic E-state index is 12.3. The maximum absolute atomic E-state index is 12.3. The highest BCUT2D eigenvalue weighted by Gasteiger charge is 2.24. The van der Waals surface area contributed by atoms with E-state index in [0.29, 0.717) is 30.6 Å². The van der Waals surface area contributed by atoms with Crippen molar-refractivity contribution >= 4 is 10.0 Å². The van der Waals surface area contributed by atoms with Crippen LogP contribution in [0.15, 0.2) is 11.2 Å². The van der Waals surface area contributed by atoms with Crippen LogP contribution < -0.4 is 10.0 Å². The van der Waals surface area contributed by atoms with Crippen molar-refractivity contribution in [1.82, 2.24) is 20.2 Å². The van der Waals surface area contributed by atoms with Gasteiger partial charge >= 0.3 is 0 Å².